The van der Waals surface area contributed by atoms with Gasteiger partial charge in [-0.15, -0.1) is 0 Å². The molecule has 2 aliphatic heterocycles. The van der Waals surface area contributed by atoms with Crippen LogP contribution in [0.3, 0.4) is 0 Å². The molecule has 1 unspecified atom stereocenters. The topological polar surface area (TPSA) is 61.4 Å². The zero-order valence-corrected chi connectivity index (χ0v) is 18.1. The number of rotatable bonds is 10. The second kappa shape index (κ2) is 12.7. The van der Waals surface area contributed by atoms with Crippen LogP contribution in [0.25, 0.3) is 0 Å². The molecule has 0 radical (unpaired) electrons. The quantitative estimate of drug-likeness (QED) is 0.340. The van der Waals surface area contributed by atoms with E-state index in [2.05, 4.69) is 25.4 Å². The van der Waals surface area contributed by atoms with E-state index in [1.807, 2.05) is 12.1 Å². The normalized spacial score (nSPS) is 20.5. The van der Waals surface area contributed by atoms with E-state index in [0.29, 0.717) is 5.92 Å². The van der Waals surface area contributed by atoms with Crippen molar-refractivity contribution in [2.75, 3.05) is 84.2 Å². The van der Waals surface area contributed by atoms with Crippen molar-refractivity contribution >= 4 is 11.6 Å². The maximum absolute atomic E-state index is 13.1. The highest BCUT2D eigenvalue weighted by Gasteiger charge is 2.17. The summed E-state index contributed by atoms with van der Waals surface area (Å²) in [6.45, 7) is 9.91. The molecule has 0 amide bonds. The Labute approximate surface area is 179 Å². The molecule has 2 fully saturated rings. The summed E-state index contributed by atoms with van der Waals surface area (Å²) in [5, 5.41) is 6.73. The molecule has 168 valence electrons. The first-order valence-electron chi connectivity index (χ1n) is 11.1. The lowest BCUT2D eigenvalue weighted by molar-refractivity contribution is 0.0888. The van der Waals surface area contributed by atoms with Crippen LogP contribution >= 0.6 is 0 Å². The van der Waals surface area contributed by atoms with Crippen LogP contribution in [0.4, 0.5) is 10.1 Å². The molecule has 1 aromatic rings. The third kappa shape index (κ3) is 7.74. The molecule has 0 bridgehead atoms. The molecule has 2 aliphatic rings. The largest absolute Gasteiger partial charge is 0.381 e. The predicted octanol–water partition coefficient (Wildman–Crippen LogP) is 1.56. The Morgan fingerprint density at radius 2 is 1.93 bits per heavy atom. The van der Waals surface area contributed by atoms with E-state index in [1.165, 1.54) is 12.1 Å². The van der Waals surface area contributed by atoms with E-state index in [-0.39, 0.29) is 5.82 Å². The Kier molecular flexibility index (Phi) is 9.66. The molecule has 3 rings (SSSR count). The molecule has 1 atom stereocenters. The zero-order valence-electron chi connectivity index (χ0n) is 18.1. The number of nitrogens with zero attached hydrogens (tertiary/aromatic N) is 3. The molecular formula is C22H36FN5O2. The number of piperazine rings is 1. The lowest BCUT2D eigenvalue weighted by atomic mass is 10.1. The molecule has 0 saturated carbocycles. The maximum Gasteiger partial charge on any atom is 0.191 e. The summed E-state index contributed by atoms with van der Waals surface area (Å²) in [6.07, 6.45) is 2.08. The van der Waals surface area contributed by atoms with Gasteiger partial charge in [0.25, 0.3) is 0 Å². The summed E-state index contributed by atoms with van der Waals surface area (Å²) < 4.78 is 24.2. The van der Waals surface area contributed by atoms with Crippen molar-refractivity contribution in [3.05, 3.63) is 30.1 Å². The second-order valence-electron chi connectivity index (χ2n) is 7.89. The highest BCUT2D eigenvalue weighted by molar-refractivity contribution is 5.79. The third-order valence-electron chi connectivity index (χ3n) is 5.64. The van der Waals surface area contributed by atoms with E-state index >= 15 is 0 Å². The number of halogens is 1. The average molecular weight is 422 g/mol. The summed E-state index contributed by atoms with van der Waals surface area (Å²) in [5.74, 6) is 1.23. The van der Waals surface area contributed by atoms with Crippen molar-refractivity contribution in [2.45, 2.75) is 12.8 Å². The molecular weight excluding hydrogens is 385 g/mol. The fraction of sp³-hybridized carbons (Fsp3) is 0.682. The van der Waals surface area contributed by atoms with Gasteiger partial charge in [0.15, 0.2) is 5.96 Å². The predicted molar refractivity (Wildman–Crippen MR) is 119 cm³/mol. The lowest BCUT2D eigenvalue weighted by Gasteiger charge is -2.36. The van der Waals surface area contributed by atoms with Gasteiger partial charge in [-0.25, -0.2) is 4.39 Å². The first-order chi connectivity index (χ1) is 14.7. The molecule has 0 aliphatic carbocycles. The monoisotopic (exact) mass is 421 g/mol. The fourth-order valence-corrected chi connectivity index (χ4v) is 3.78. The molecule has 2 heterocycles. The van der Waals surface area contributed by atoms with Crippen molar-refractivity contribution in [1.82, 2.24) is 15.5 Å². The van der Waals surface area contributed by atoms with Gasteiger partial charge in [0.1, 0.15) is 5.82 Å². The zero-order chi connectivity index (χ0) is 21.0. The number of nitrogens with one attached hydrogen (secondary N) is 2. The third-order valence-corrected chi connectivity index (χ3v) is 5.64. The molecule has 0 spiro atoms. The van der Waals surface area contributed by atoms with Gasteiger partial charge in [0, 0.05) is 77.7 Å². The van der Waals surface area contributed by atoms with E-state index in [0.717, 1.165) is 96.7 Å². The Morgan fingerprint density at radius 3 is 2.63 bits per heavy atom. The minimum absolute atomic E-state index is 0.183. The van der Waals surface area contributed by atoms with Gasteiger partial charge in [-0.2, -0.15) is 0 Å². The number of benzene rings is 1. The minimum atomic E-state index is -0.183. The molecule has 0 aromatic heterocycles. The van der Waals surface area contributed by atoms with Crippen LogP contribution in [0.1, 0.15) is 12.8 Å². The smallest absolute Gasteiger partial charge is 0.191 e. The SMILES string of the molecule is CN=C(NCCCOCC1CCOC1)NCCN1CCN(c2ccc(F)cc2)CC1. The summed E-state index contributed by atoms with van der Waals surface area (Å²) in [7, 11) is 1.80. The Morgan fingerprint density at radius 1 is 1.17 bits per heavy atom. The van der Waals surface area contributed by atoms with Crippen LogP contribution in [0.15, 0.2) is 29.3 Å². The van der Waals surface area contributed by atoms with Crippen molar-refractivity contribution < 1.29 is 13.9 Å². The second-order valence-corrected chi connectivity index (χ2v) is 7.89. The van der Waals surface area contributed by atoms with Crippen molar-refractivity contribution in [2.24, 2.45) is 10.9 Å². The summed E-state index contributed by atoms with van der Waals surface area (Å²) in [5.41, 5.74) is 1.10. The maximum atomic E-state index is 13.1. The van der Waals surface area contributed by atoms with Crippen LogP contribution in [0, 0.1) is 11.7 Å². The van der Waals surface area contributed by atoms with Gasteiger partial charge >= 0.3 is 0 Å². The minimum Gasteiger partial charge on any atom is -0.381 e. The van der Waals surface area contributed by atoms with Crippen LogP contribution in [0.5, 0.6) is 0 Å². The van der Waals surface area contributed by atoms with Gasteiger partial charge in [0.05, 0.1) is 13.2 Å². The standard InChI is InChI=1S/C22H36FN5O2/c1-24-22(25-8-2-15-29-17-19-7-16-30-18-19)26-9-10-27-11-13-28(14-12-27)21-5-3-20(23)4-6-21/h3-6,19H,2,7-18H2,1H3,(H2,24,25,26). The highest BCUT2D eigenvalue weighted by atomic mass is 19.1. The first kappa shape index (κ1) is 22.8. The van der Waals surface area contributed by atoms with Crippen molar-refractivity contribution in [3.8, 4) is 0 Å². The van der Waals surface area contributed by atoms with Crippen LogP contribution in [-0.4, -0.2) is 90.1 Å². The van der Waals surface area contributed by atoms with Crippen molar-refractivity contribution in [3.63, 3.8) is 0 Å². The molecule has 1 aromatic carbocycles. The summed E-state index contributed by atoms with van der Waals surface area (Å²) >= 11 is 0. The Balaban J connectivity index is 1.21. The molecule has 2 saturated heterocycles. The summed E-state index contributed by atoms with van der Waals surface area (Å²) in [6, 6.07) is 6.77. The van der Waals surface area contributed by atoms with Gasteiger partial charge in [-0.05, 0) is 37.1 Å². The Hall–Kier alpha value is -1.90. The van der Waals surface area contributed by atoms with Crippen molar-refractivity contribution in [1.29, 1.82) is 0 Å². The van der Waals surface area contributed by atoms with E-state index in [9.17, 15) is 4.39 Å². The van der Waals surface area contributed by atoms with Gasteiger partial charge in [-0.1, -0.05) is 0 Å². The lowest BCUT2D eigenvalue weighted by Crippen LogP contribution is -2.49. The average Bonchev–Trinajstić information content (AvgIpc) is 3.29. The fourth-order valence-electron chi connectivity index (χ4n) is 3.78. The molecule has 30 heavy (non-hydrogen) atoms. The van der Waals surface area contributed by atoms with E-state index in [4.69, 9.17) is 9.47 Å². The van der Waals surface area contributed by atoms with Gasteiger partial charge in [0.2, 0.25) is 0 Å². The van der Waals surface area contributed by atoms with Gasteiger partial charge in [-0.3, -0.25) is 9.89 Å². The van der Waals surface area contributed by atoms with Crippen LogP contribution < -0.4 is 15.5 Å². The number of ether oxygens (including phenoxy) is 2. The number of anilines is 1. The van der Waals surface area contributed by atoms with E-state index < -0.39 is 0 Å². The first-order valence-corrected chi connectivity index (χ1v) is 11.1. The number of aliphatic imine (C=N–C) groups is 1. The number of hydrogen-bond acceptors (Lipinski definition) is 5. The van der Waals surface area contributed by atoms with Crippen LogP contribution in [-0.2, 0) is 9.47 Å². The number of guanidine groups is 1. The summed E-state index contributed by atoms with van der Waals surface area (Å²) in [4.78, 5) is 9.05. The molecule has 2 N–H and O–H groups in total. The molecule has 7 nitrogen and oxygen atoms in total. The van der Waals surface area contributed by atoms with Crippen LogP contribution in [0.2, 0.25) is 0 Å². The Bertz CT molecular complexity index is 629. The highest BCUT2D eigenvalue weighted by Crippen LogP contribution is 2.16. The molecule has 8 heteroatoms. The van der Waals surface area contributed by atoms with E-state index in [1.54, 1.807) is 7.05 Å². The van der Waals surface area contributed by atoms with Gasteiger partial charge < -0.3 is 25.0 Å². The number of hydrogen-bond donors (Lipinski definition) is 2.